The Morgan fingerprint density at radius 1 is 0.743 bits per heavy atom. The predicted molar refractivity (Wildman–Crippen MR) is 129 cm³/mol. The molecule has 0 radical (unpaired) electrons. The van der Waals surface area contributed by atoms with E-state index in [1.165, 1.54) is 36.4 Å². The number of hydrogen-bond donors (Lipinski definition) is 2. The molecule has 0 bridgehead atoms. The monoisotopic (exact) mass is 515 g/mol. The number of aliphatic carboxylic acids is 1. The van der Waals surface area contributed by atoms with E-state index in [4.69, 9.17) is 32.7 Å². The first-order chi connectivity index (χ1) is 16.7. The molecule has 0 aromatic heterocycles. The van der Waals surface area contributed by atoms with Crippen molar-refractivity contribution in [1.82, 2.24) is 0 Å². The Labute approximate surface area is 210 Å². The summed E-state index contributed by atoms with van der Waals surface area (Å²) in [6.45, 7) is 1.84. The number of halogens is 2. The third kappa shape index (κ3) is 6.59. The van der Waals surface area contributed by atoms with Crippen molar-refractivity contribution < 1.29 is 33.8 Å². The van der Waals surface area contributed by atoms with Gasteiger partial charge < -0.3 is 19.9 Å². The van der Waals surface area contributed by atoms with Gasteiger partial charge in [0.25, 0.3) is 5.91 Å². The van der Waals surface area contributed by atoms with Gasteiger partial charge in [-0.15, -0.1) is 0 Å². The van der Waals surface area contributed by atoms with Crippen molar-refractivity contribution in [3.8, 4) is 0 Å². The van der Waals surface area contributed by atoms with E-state index in [2.05, 4.69) is 5.32 Å². The molecule has 0 saturated heterocycles. The molecule has 10 heteroatoms. The van der Waals surface area contributed by atoms with Gasteiger partial charge in [-0.3, -0.25) is 4.79 Å². The second kappa shape index (κ2) is 11.5. The summed E-state index contributed by atoms with van der Waals surface area (Å²) >= 11 is 12.0. The predicted octanol–water partition coefficient (Wildman–Crippen LogP) is 4.78. The largest absolute Gasteiger partial charge is 0.478 e. The third-order valence-electron chi connectivity index (χ3n) is 4.75. The van der Waals surface area contributed by atoms with Crippen LogP contribution in [0, 0.1) is 6.92 Å². The fourth-order valence-electron chi connectivity index (χ4n) is 2.96. The summed E-state index contributed by atoms with van der Waals surface area (Å²) in [5.74, 6) is -4.96. The molecule has 0 spiro atoms. The van der Waals surface area contributed by atoms with Crippen LogP contribution in [0.4, 0.5) is 5.69 Å². The number of rotatable bonds is 8. The molecule has 0 aliphatic heterocycles. The van der Waals surface area contributed by atoms with Gasteiger partial charge >= 0.3 is 17.9 Å². The number of aryl methyl sites for hydroxylation is 1. The number of carboxylic acid groups (broad SMARTS) is 1. The number of ether oxygens (including phenoxy) is 2. The highest BCUT2D eigenvalue weighted by Gasteiger charge is 2.41. The standard InChI is InChI=1S/C25H19Cl2NO7/c1-14-10-12-15(13-11-14)28-22(29)20(34-24(32)16-6-2-4-8-18(16)26)21(23(30)31)35-25(33)17-7-3-5-9-19(17)27/h2-13,20-21H,1H3,(H,28,29)(H,30,31)/t20-,21+/m1/s1. The zero-order valence-corrected chi connectivity index (χ0v) is 19.7. The molecule has 2 atom stereocenters. The molecular weight excluding hydrogens is 497 g/mol. The number of carbonyl (C=O) groups is 4. The van der Waals surface area contributed by atoms with Gasteiger partial charge in [-0.1, -0.05) is 65.2 Å². The number of carboxylic acids is 1. The van der Waals surface area contributed by atoms with Crippen LogP contribution in [0.3, 0.4) is 0 Å². The van der Waals surface area contributed by atoms with Crippen LogP contribution in [0.1, 0.15) is 26.3 Å². The van der Waals surface area contributed by atoms with E-state index in [9.17, 15) is 24.3 Å². The van der Waals surface area contributed by atoms with Crippen LogP contribution in [0.25, 0.3) is 0 Å². The first-order valence-electron chi connectivity index (χ1n) is 10.2. The molecule has 3 aromatic carbocycles. The lowest BCUT2D eigenvalue weighted by Gasteiger charge is -2.24. The van der Waals surface area contributed by atoms with Gasteiger partial charge in [0.2, 0.25) is 12.2 Å². The van der Waals surface area contributed by atoms with Crippen molar-refractivity contribution >= 4 is 52.7 Å². The fraction of sp³-hybridized carbons (Fsp3) is 0.120. The Morgan fingerprint density at radius 3 is 1.66 bits per heavy atom. The van der Waals surface area contributed by atoms with Gasteiger partial charge in [-0.25, -0.2) is 14.4 Å². The van der Waals surface area contributed by atoms with Crippen molar-refractivity contribution in [3.05, 3.63) is 99.5 Å². The quantitative estimate of drug-likeness (QED) is 0.414. The van der Waals surface area contributed by atoms with E-state index in [0.717, 1.165) is 5.56 Å². The van der Waals surface area contributed by atoms with Gasteiger partial charge in [-0.2, -0.15) is 0 Å². The molecule has 8 nitrogen and oxygen atoms in total. The molecule has 2 N–H and O–H groups in total. The summed E-state index contributed by atoms with van der Waals surface area (Å²) < 4.78 is 10.3. The minimum atomic E-state index is -2.20. The molecule has 0 aliphatic carbocycles. The Balaban J connectivity index is 1.93. The summed E-state index contributed by atoms with van der Waals surface area (Å²) in [4.78, 5) is 50.6. The summed E-state index contributed by atoms with van der Waals surface area (Å²) in [5, 5.41) is 12.3. The van der Waals surface area contributed by atoms with Crippen molar-refractivity contribution in [2.24, 2.45) is 0 Å². The summed E-state index contributed by atoms with van der Waals surface area (Å²) in [5.41, 5.74) is 0.988. The number of carbonyl (C=O) groups excluding carboxylic acids is 3. The van der Waals surface area contributed by atoms with E-state index >= 15 is 0 Å². The highest BCUT2D eigenvalue weighted by atomic mass is 35.5. The molecular formula is C25H19Cl2NO7. The number of amides is 1. The van der Waals surface area contributed by atoms with Crippen LogP contribution in [0.2, 0.25) is 10.0 Å². The summed E-state index contributed by atoms with van der Waals surface area (Å²) in [6, 6.07) is 18.2. The zero-order valence-electron chi connectivity index (χ0n) is 18.2. The molecule has 0 fully saturated rings. The molecule has 0 heterocycles. The van der Waals surface area contributed by atoms with E-state index in [1.54, 1.807) is 36.4 Å². The Morgan fingerprint density at radius 2 is 1.20 bits per heavy atom. The van der Waals surface area contributed by atoms with Gasteiger partial charge in [0.05, 0.1) is 21.2 Å². The molecule has 1 amide bonds. The summed E-state index contributed by atoms with van der Waals surface area (Å²) in [7, 11) is 0. The molecule has 180 valence electrons. The lowest BCUT2D eigenvalue weighted by Crippen LogP contribution is -2.48. The normalized spacial score (nSPS) is 12.2. The maximum atomic E-state index is 13.1. The first-order valence-corrected chi connectivity index (χ1v) is 10.9. The van der Waals surface area contributed by atoms with Gasteiger partial charge in [0.1, 0.15) is 0 Å². The number of benzene rings is 3. The lowest BCUT2D eigenvalue weighted by atomic mass is 10.1. The SMILES string of the molecule is Cc1ccc(NC(=O)[C@H](OC(=O)c2ccccc2Cl)[C@H](OC(=O)c2ccccc2Cl)C(=O)O)cc1. The van der Waals surface area contributed by atoms with Crippen molar-refractivity contribution in [1.29, 1.82) is 0 Å². The minimum absolute atomic E-state index is 0.00959. The molecule has 0 saturated carbocycles. The van der Waals surface area contributed by atoms with Gasteiger partial charge in [0.15, 0.2) is 0 Å². The van der Waals surface area contributed by atoms with Crippen molar-refractivity contribution in [2.75, 3.05) is 5.32 Å². The zero-order chi connectivity index (χ0) is 25.5. The molecule has 3 aromatic rings. The number of esters is 2. The van der Waals surface area contributed by atoms with Gasteiger partial charge in [-0.05, 0) is 43.3 Å². The molecule has 3 rings (SSSR count). The van der Waals surface area contributed by atoms with E-state index in [1.807, 2.05) is 6.92 Å². The van der Waals surface area contributed by atoms with E-state index in [-0.39, 0.29) is 21.2 Å². The smallest absolute Gasteiger partial charge is 0.349 e. The van der Waals surface area contributed by atoms with Crippen molar-refractivity contribution in [2.45, 2.75) is 19.1 Å². The minimum Gasteiger partial charge on any atom is -0.478 e. The van der Waals surface area contributed by atoms with Crippen LogP contribution >= 0.6 is 23.2 Å². The van der Waals surface area contributed by atoms with Crippen LogP contribution < -0.4 is 5.32 Å². The average molecular weight is 516 g/mol. The molecule has 0 aliphatic rings. The second-order valence-electron chi connectivity index (χ2n) is 7.31. The van der Waals surface area contributed by atoms with Gasteiger partial charge in [0, 0.05) is 5.69 Å². The fourth-order valence-corrected chi connectivity index (χ4v) is 3.38. The average Bonchev–Trinajstić information content (AvgIpc) is 2.82. The van der Waals surface area contributed by atoms with Crippen LogP contribution in [-0.4, -0.2) is 41.1 Å². The third-order valence-corrected chi connectivity index (χ3v) is 5.41. The Bertz CT molecular complexity index is 1260. The van der Waals surface area contributed by atoms with Crippen LogP contribution in [-0.2, 0) is 19.1 Å². The van der Waals surface area contributed by atoms with Crippen LogP contribution in [0.15, 0.2) is 72.8 Å². The molecule has 0 unspecified atom stereocenters. The Kier molecular flexibility index (Phi) is 8.46. The number of hydrogen-bond acceptors (Lipinski definition) is 6. The van der Waals surface area contributed by atoms with Crippen LogP contribution in [0.5, 0.6) is 0 Å². The highest BCUT2D eigenvalue weighted by molar-refractivity contribution is 6.34. The maximum absolute atomic E-state index is 13.1. The first kappa shape index (κ1) is 25.7. The van der Waals surface area contributed by atoms with E-state index < -0.39 is 36.0 Å². The topological polar surface area (TPSA) is 119 Å². The lowest BCUT2D eigenvalue weighted by molar-refractivity contribution is -0.157. The summed E-state index contributed by atoms with van der Waals surface area (Å²) in [6.07, 6.45) is -4.26. The Hall–Kier alpha value is -3.88. The number of nitrogens with one attached hydrogen (secondary N) is 1. The number of anilines is 1. The second-order valence-corrected chi connectivity index (χ2v) is 8.12. The maximum Gasteiger partial charge on any atom is 0.349 e. The molecule has 35 heavy (non-hydrogen) atoms. The van der Waals surface area contributed by atoms with Crippen molar-refractivity contribution in [3.63, 3.8) is 0 Å². The van der Waals surface area contributed by atoms with E-state index in [0.29, 0.717) is 5.69 Å². The highest BCUT2D eigenvalue weighted by Crippen LogP contribution is 2.21.